The van der Waals surface area contributed by atoms with Crippen molar-refractivity contribution >= 4 is 11.0 Å². The number of hydrogen-bond acceptors (Lipinski definition) is 7. The molecule has 4 aromatic heterocycles. The minimum atomic E-state index is -0.379. The fourth-order valence-corrected chi connectivity index (χ4v) is 3.11. The second-order valence-electron chi connectivity index (χ2n) is 6.69. The topological polar surface area (TPSA) is 126 Å². The van der Waals surface area contributed by atoms with E-state index in [1.165, 1.54) is 0 Å². The van der Waals surface area contributed by atoms with E-state index in [4.69, 9.17) is 0 Å². The van der Waals surface area contributed by atoms with E-state index in [1.54, 1.807) is 29.3 Å². The van der Waals surface area contributed by atoms with E-state index in [-0.39, 0.29) is 22.7 Å². The van der Waals surface area contributed by atoms with E-state index in [1.807, 2.05) is 32.0 Å². The van der Waals surface area contributed by atoms with Gasteiger partial charge in [0.1, 0.15) is 23.1 Å². The Morgan fingerprint density at radius 1 is 1.21 bits per heavy atom. The van der Waals surface area contributed by atoms with Gasteiger partial charge in [0.15, 0.2) is 11.3 Å². The molecule has 0 aromatic carbocycles. The third kappa shape index (κ3) is 3.60. The van der Waals surface area contributed by atoms with Crippen molar-refractivity contribution in [2.45, 2.75) is 32.7 Å². The minimum absolute atomic E-state index is 0.0543. The molecule has 1 N–H and O–H groups in total. The Morgan fingerprint density at radius 2 is 2.00 bits per heavy atom. The van der Waals surface area contributed by atoms with E-state index in [0.717, 1.165) is 11.3 Å². The first-order chi connectivity index (χ1) is 14.1. The molecule has 0 aliphatic carbocycles. The molecule has 1 atom stereocenters. The van der Waals surface area contributed by atoms with Crippen molar-refractivity contribution in [2.24, 2.45) is 0 Å². The average Bonchev–Trinajstić information content (AvgIpc) is 3.12. The molecular formula is C20H18N8O. The maximum Gasteiger partial charge on any atom is 0.263 e. The van der Waals surface area contributed by atoms with E-state index in [9.17, 15) is 10.1 Å². The zero-order valence-corrected chi connectivity index (χ0v) is 16.0. The molecule has 0 spiro atoms. The largest absolute Gasteiger partial charge is 0.310 e. The van der Waals surface area contributed by atoms with Crippen LogP contribution in [-0.2, 0) is 12.8 Å². The van der Waals surface area contributed by atoms with Gasteiger partial charge in [0.2, 0.25) is 0 Å². The monoisotopic (exact) mass is 386 g/mol. The van der Waals surface area contributed by atoms with Crippen LogP contribution in [0.25, 0.3) is 11.0 Å². The van der Waals surface area contributed by atoms with Gasteiger partial charge in [-0.2, -0.15) is 10.4 Å². The van der Waals surface area contributed by atoms with Crippen molar-refractivity contribution in [3.63, 3.8) is 0 Å². The third-order valence-electron chi connectivity index (χ3n) is 4.70. The molecule has 4 aromatic rings. The summed E-state index contributed by atoms with van der Waals surface area (Å²) in [5.74, 6) is 1.16. The van der Waals surface area contributed by atoms with Crippen molar-refractivity contribution < 1.29 is 0 Å². The smallest absolute Gasteiger partial charge is 0.263 e. The Bertz CT molecular complexity index is 1250. The molecule has 0 fully saturated rings. The van der Waals surface area contributed by atoms with Crippen molar-refractivity contribution in [1.82, 2.24) is 34.7 Å². The van der Waals surface area contributed by atoms with Crippen molar-refractivity contribution in [1.29, 1.82) is 5.26 Å². The lowest BCUT2D eigenvalue weighted by atomic mass is 10.1. The van der Waals surface area contributed by atoms with Gasteiger partial charge < -0.3 is 4.98 Å². The number of nitrogens with one attached hydrogen (secondary N) is 1. The number of rotatable bonds is 5. The van der Waals surface area contributed by atoms with Crippen LogP contribution in [0.15, 0.2) is 41.6 Å². The Kier molecular flexibility index (Phi) is 4.83. The molecule has 144 valence electrons. The molecule has 4 heterocycles. The summed E-state index contributed by atoms with van der Waals surface area (Å²) in [6.07, 6.45) is 6.11. The summed E-state index contributed by atoms with van der Waals surface area (Å²) < 4.78 is 1.61. The van der Waals surface area contributed by atoms with Crippen molar-refractivity contribution in [2.75, 3.05) is 0 Å². The number of nitrogens with zero attached hydrogens (tertiary/aromatic N) is 7. The van der Waals surface area contributed by atoms with Crippen LogP contribution in [0.3, 0.4) is 0 Å². The van der Waals surface area contributed by atoms with Crippen LogP contribution in [-0.4, -0.2) is 34.7 Å². The van der Waals surface area contributed by atoms with Crippen LogP contribution in [0, 0.1) is 18.3 Å². The van der Waals surface area contributed by atoms with Crippen LogP contribution < -0.4 is 5.56 Å². The van der Waals surface area contributed by atoms with Crippen LogP contribution in [0.2, 0.25) is 0 Å². The number of aromatic nitrogens is 7. The zero-order valence-electron chi connectivity index (χ0n) is 16.0. The minimum Gasteiger partial charge on any atom is -0.310 e. The number of aryl methyl sites for hydroxylation is 3. The first-order valence-corrected chi connectivity index (χ1v) is 9.16. The standard InChI is InChI=1S/C20H18N8O/c1-12-4-5-14(11-24-12)13(2)28-19-18(15(10-21)27-28)20(29)26-17(25-19)7-6-16-22-8-3-9-23-16/h3-5,8-9,11,13H,6-7H2,1-2H3,(H,25,26,29). The second kappa shape index (κ2) is 7.59. The van der Waals surface area contributed by atoms with Crippen LogP contribution in [0.1, 0.15) is 41.6 Å². The quantitative estimate of drug-likeness (QED) is 0.555. The molecule has 4 rings (SSSR count). The summed E-state index contributed by atoms with van der Waals surface area (Å²) in [7, 11) is 0. The number of hydrogen-bond donors (Lipinski definition) is 1. The van der Waals surface area contributed by atoms with E-state index in [2.05, 4.69) is 30.0 Å². The van der Waals surface area contributed by atoms with Crippen LogP contribution in [0.4, 0.5) is 0 Å². The average molecular weight is 386 g/mol. The molecule has 29 heavy (non-hydrogen) atoms. The van der Waals surface area contributed by atoms with E-state index >= 15 is 0 Å². The molecule has 0 bridgehead atoms. The Balaban J connectivity index is 1.76. The van der Waals surface area contributed by atoms with Gasteiger partial charge in [-0.25, -0.2) is 19.6 Å². The molecule has 0 radical (unpaired) electrons. The van der Waals surface area contributed by atoms with Gasteiger partial charge in [-0.1, -0.05) is 6.07 Å². The number of aromatic amines is 1. The molecule has 9 nitrogen and oxygen atoms in total. The summed E-state index contributed by atoms with van der Waals surface area (Å²) in [5, 5.41) is 14.0. The molecule has 0 aliphatic rings. The van der Waals surface area contributed by atoms with Crippen LogP contribution >= 0.6 is 0 Å². The molecule has 0 saturated heterocycles. The van der Waals surface area contributed by atoms with E-state index < -0.39 is 0 Å². The zero-order chi connectivity index (χ0) is 20.4. The van der Waals surface area contributed by atoms with Gasteiger partial charge in [-0.15, -0.1) is 0 Å². The SMILES string of the molecule is Cc1ccc(C(C)n2nc(C#N)c3c(=O)[nH]c(CCc4ncccn4)nc32)cn1. The second-order valence-corrected chi connectivity index (χ2v) is 6.69. The number of H-pyrrole nitrogens is 1. The Labute approximate surface area is 166 Å². The molecule has 1 unspecified atom stereocenters. The summed E-state index contributed by atoms with van der Waals surface area (Å²) >= 11 is 0. The molecular weight excluding hydrogens is 368 g/mol. The van der Waals surface area contributed by atoms with Gasteiger partial charge in [-0.3, -0.25) is 9.78 Å². The Morgan fingerprint density at radius 3 is 2.69 bits per heavy atom. The normalized spacial score (nSPS) is 12.0. The predicted molar refractivity (Wildman–Crippen MR) is 105 cm³/mol. The summed E-state index contributed by atoms with van der Waals surface area (Å²) in [4.78, 5) is 32.7. The summed E-state index contributed by atoms with van der Waals surface area (Å²) in [6.45, 7) is 3.84. The van der Waals surface area contributed by atoms with Gasteiger partial charge in [-0.05, 0) is 31.5 Å². The molecule has 0 saturated carbocycles. The highest BCUT2D eigenvalue weighted by atomic mass is 16.1. The van der Waals surface area contributed by atoms with Crippen molar-refractivity contribution in [3.8, 4) is 6.07 Å². The predicted octanol–water partition coefficient (Wildman–Crippen LogP) is 1.88. The molecule has 0 amide bonds. The fraction of sp³-hybridized carbons (Fsp3) is 0.250. The van der Waals surface area contributed by atoms with Crippen molar-refractivity contribution in [3.05, 3.63) is 75.7 Å². The maximum absolute atomic E-state index is 12.7. The maximum atomic E-state index is 12.7. The van der Waals surface area contributed by atoms with Gasteiger partial charge >= 0.3 is 0 Å². The van der Waals surface area contributed by atoms with E-state index in [0.29, 0.717) is 30.1 Å². The summed E-state index contributed by atoms with van der Waals surface area (Å²) in [5.41, 5.74) is 1.87. The lowest BCUT2D eigenvalue weighted by molar-refractivity contribution is 0.574. The van der Waals surface area contributed by atoms with Gasteiger partial charge in [0, 0.05) is 37.1 Å². The first kappa shape index (κ1) is 18.4. The third-order valence-corrected chi connectivity index (χ3v) is 4.70. The van der Waals surface area contributed by atoms with Gasteiger partial charge in [0.25, 0.3) is 5.56 Å². The Hall–Kier alpha value is -3.93. The highest BCUT2D eigenvalue weighted by Gasteiger charge is 2.21. The van der Waals surface area contributed by atoms with Crippen LogP contribution in [0.5, 0.6) is 0 Å². The summed E-state index contributed by atoms with van der Waals surface area (Å²) in [6, 6.07) is 7.36. The molecule has 0 aliphatic heterocycles. The number of nitriles is 1. The highest BCUT2D eigenvalue weighted by molar-refractivity contribution is 5.80. The lowest BCUT2D eigenvalue weighted by Gasteiger charge is -2.13. The lowest BCUT2D eigenvalue weighted by Crippen LogP contribution is -2.15. The molecule has 9 heteroatoms. The number of fused-ring (bicyclic) bond motifs is 1. The fourth-order valence-electron chi connectivity index (χ4n) is 3.11. The highest BCUT2D eigenvalue weighted by Crippen LogP contribution is 2.22. The first-order valence-electron chi connectivity index (χ1n) is 9.16. The van der Waals surface area contributed by atoms with Gasteiger partial charge in [0.05, 0.1) is 6.04 Å². The number of pyridine rings is 1.